The molecule has 0 saturated heterocycles. The van der Waals surface area contributed by atoms with Crippen LogP contribution in [0.3, 0.4) is 0 Å². The number of nitrogens with two attached hydrogens (primary N) is 1. The van der Waals surface area contributed by atoms with Crippen molar-refractivity contribution >= 4 is 9.84 Å². The molecule has 82 valence electrons. The van der Waals surface area contributed by atoms with Crippen molar-refractivity contribution in [3.63, 3.8) is 0 Å². The number of alkyl halides is 1. The molecule has 0 amide bonds. The van der Waals surface area contributed by atoms with E-state index in [0.717, 1.165) is 12.8 Å². The van der Waals surface area contributed by atoms with E-state index in [4.69, 9.17) is 5.73 Å². The standard InChI is InChI=1S/C10H12FNO2S/c11-7-15(13,14)9-4-2-1-3-8(9)10(12)5-6-10/h1-4H,5-7,12H2. The number of halogens is 1. The quantitative estimate of drug-likeness (QED) is 0.850. The molecule has 3 nitrogen and oxygen atoms in total. The molecule has 0 aliphatic heterocycles. The molecule has 1 aromatic carbocycles. The first kappa shape index (κ1) is 10.6. The van der Waals surface area contributed by atoms with E-state index in [-0.39, 0.29) is 4.90 Å². The van der Waals surface area contributed by atoms with Gasteiger partial charge >= 0.3 is 0 Å². The Bertz CT molecular complexity index is 480. The first-order chi connectivity index (χ1) is 6.99. The maximum Gasteiger partial charge on any atom is 0.207 e. The lowest BCUT2D eigenvalue weighted by Crippen LogP contribution is -2.22. The number of hydrogen-bond acceptors (Lipinski definition) is 3. The molecule has 1 aromatic rings. The molecule has 0 atom stereocenters. The van der Waals surface area contributed by atoms with Crippen molar-refractivity contribution in [1.29, 1.82) is 0 Å². The highest BCUT2D eigenvalue weighted by molar-refractivity contribution is 7.91. The first-order valence-corrected chi connectivity index (χ1v) is 6.32. The predicted octanol–water partition coefficient (Wildman–Crippen LogP) is 1.34. The Morgan fingerprint density at radius 1 is 1.33 bits per heavy atom. The minimum Gasteiger partial charge on any atom is -0.321 e. The number of sulfone groups is 1. The van der Waals surface area contributed by atoms with E-state index in [1.807, 2.05) is 0 Å². The summed E-state index contributed by atoms with van der Waals surface area (Å²) < 4.78 is 35.3. The molecule has 2 N–H and O–H groups in total. The Labute approximate surface area is 88.0 Å². The van der Waals surface area contributed by atoms with E-state index in [0.29, 0.717) is 5.56 Å². The van der Waals surface area contributed by atoms with Crippen molar-refractivity contribution in [2.75, 3.05) is 6.01 Å². The van der Waals surface area contributed by atoms with E-state index < -0.39 is 21.4 Å². The van der Waals surface area contributed by atoms with Crippen LogP contribution in [0.4, 0.5) is 4.39 Å². The molecule has 0 radical (unpaired) electrons. The zero-order valence-corrected chi connectivity index (χ0v) is 8.93. The van der Waals surface area contributed by atoms with Crippen molar-refractivity contribution in [1.82, 2.24) is 0 Å². The van der Waals surface area contributed by atoms with Gasteiger partial charge in [-0.25, -0.2) is 12.8 Å². The van der Waals surface area contributed by atoms with E-state index in [9.17, 15) is 12.8 Å². The van der Waals surface area contributed by atoms with Gasteiger partial charge in [-0.05, 0) is 24.5 Å². The fourth-order valence-corrected chi connectivity index (χ4v) is 2.62. The predicted molar refractivity (Wildman–Crippen MR) is 54.7 cm³/mol. The summed E-state index contributed by atoms with van der Waals surface area (Å²) in [5, 5.41) is 0. The Morgan fingerprint density at radius 2 is 1.93 bits per heavy atom. The van der Waals surface area contributed by atoms with Crippen LogP contribution in [0.2, 0.25) is 0 Å². The molecule has 0 bridgehead atoms. The second-order valence-corrected chi connectivity index (χ2v) is 5.76. The molecule has 0 heterocycles. The van der Waals surface area contributed by atoms with Crippen molar-refractivity contribution < 1.29 is 12.8 Å². The van der Waals surface area contributed by atoms with Gasteiger partial charge in [0.15, 0.2) is 6.01 Å². The molecule has 1 aliphatic rings. The Balaban J connectivity index is 2.57. The molecule has 0 unspecified atom stereocenters. The van der Waals surface area contributed by atoms with Crippen LogP contribution in [-0.2, 0) is 15.4 Å². The van der Waals surface area contributed by atoms with E-state index in [2.05, 4.69) is 0 Å². The monoisotopic (exact) mass is 229 g/mol. The van der Waals surface area contributed by atoms with Crippen LogP contribution in [0.25, 0.3) is 0 Å². The summed E-state index contributed by atoms with van der Waals surface area (Å²) >= 11 is 0. The summed E-state index contributed by atoms with van der Waals surface area (Å²) in [5.74, 6) is 0. The van der Waals surface area contributed by atoms with Crippen LogP contribution in [0.15, 0.2) is 29.2 Å². The summed E-state index contributed by atoms with van der Waals surface area (Å²) in [5.41, 5.74) is 5.92. The topological polar surface area (TPSA) is 60.2 Å². The van der Waals surface area contributed by atoms with Crippen LogP contribution in [0.5, 0.6) is 0 Å². The maximum absolute atomic E-state index is 12.4. The van der Waals surface area contributed by atoms with Crippen LogP contribution in [-0.4, -0.2) is 14.4 Å². The summed E-state index contributed by atoms with van der Waals surface area (Å²) in [6.07, 6.45) is 1.51. The fraction of sp³-hybridized carbons (Fsp3) is 0.400. The van der Waals surface area contributed by atoms with Crippen LogP contribution in [0, 0.1) is 0 Å². The van der Waals surface area contributed by atoms with Crippen molar-refractivity contribution in [2.24, 2.45) is 5.73 Å². The van der Waals surface area contributed by atoms with Gasteiger partial charge in [-0.3, -0.25) is 0 Å². The third-order valence-electron chi connectivity index (χ3n) is 2.69. The van der Waals surface area contributed by atoms with Gasteiger partial charge < -0.3 is 5.73 Å². The normalized spacial score (nSPS) is 18.8. The maximum atomic E-state index is 12.4. The number of hydrogen-bond donors (Lipinski definition) is 1. The first-order valence-electron chi connectivity index (χ1n) is 4.67. The zero-order valence-electron chi connectivity index (χ0n) is 8.11. The second-order valence-electron chi connectivity index (χ2n) is 3.88. The molecular formula is C10H12FNO2S. The summed E-state index contributed by atoms with van der Waals surface area (Å²) in [4.78, 5) is 0.0347. The molecule has 15 heavy (non-hydrogen) atoms. The summed E-state index contributed by atoms with van der Waals surface area (Å²) in [6, 6.07) is 5.00. The molecule has 1 fully saturated rings. The third kappa shape index (κ3) is 1.77. The zero-order chi connectivity index (χ0) is 11.1. The van der Waals surface area contributed by atoms with Crippen LogP contribution < -0.4 is 5.73 Å². The van der Waals surface area contributed by atoms with Crippen molar-refractivity contribution in [3.05, 3.63) is 29.8 Å². The largest absolute Gasteiger partial charge is 0.321 e. The van der Waals surface area contributed by atoms with Gasteiger partial charge in [0.05, 0.1) is 4.90 Å². The lowest BCUT2D eigenvalue weighted by Gasteiger charge is -2.13. The van der Waals surface area contributed by atoms with Gasteiger partial charge in [-0.1, -0.05) is 18.2 Å². The van der Waals surface area contributed by atoms with E-state index in [1.165, 1.54) is 6.07 Å². The molecule has 1 aliphatic carbocycles. The third-order valence-corrected chi connectivity index (χ3v) is 4.00. The highest BCUT2D eigenvalue weighted by Gasteiger charge is 2.43. The average Bonchev–Trinajstić information content (AvgIpc) is 2.98. The Hall–Kier alpha value is -0.940. The second kappa shape index (κ2) is 3.28. The Kier molecular flexibility index (Phi) is 2.31. The minimum absolute atomic E-state index is 0.0347. The fourth-order valence-electron chi connectivity index (χ4n) is 1.61. The SMILES string of the molecule is NC1(c2ccccc2S(=O)(=O)CF)CC1. The van der Waals surface area contributed by atoms with Crippen LogP contribution >= 0.6 is 0 Å². The lowest BCUT2D eigenvalue weighted by atomic mass is 10.1. The highest BCUT2D eigenvalue weighted by Crippen LogP contribution is 2.45. The van der Waals surface area contributed by atoms with Crippen LogP contribution in [0.1, 0.15) is 18.4 Å². The molecule has 5 heteroatoms. The van der Waals surface area contributed by atoms with Gasteiger partial charge in [-0.2, -0.15) is 0 Å². The smallest absolute Gasteiger partial charge is 0.207 e. The van der Waals surface area contributed by atoms with Gasteiger partial charge in [0.2, 0.25) is 9.84 Å². The number of rotatable bonds is 3. The number of benzene rings is 1. The van der Waals surface area contributed by atoms with E-state index in [1.54, 1.807) is 18.2 Å². The minimum atomic E-state index is -3.82. The summed E-state index contributed by atoms with van der Waals surface area (Å²) in [6.45, 7) is 0. The molecule has 1 saturated carbocycles. The summed E-state index contributed by atoms with van der Waals surface area (Å²) in [7, 11) is -3.82. The molecule has 0 aromatic heterocycles. The van der Waals surface area contributed by atoms with Gasteiger partial charge in [0.1, 0.15) is 0 Å². The average molecular weight is 229 g/mol. The van der Waals surface area contributed by atoms with Gasteiger partial charge in [0.25, 0.3) is 0 Å². The Morgan fingerprint density at radius 3 is 2.47 bits per heavy atom. The lowest BCUT2D eigenvalue weighted by molar-refractivity contribution is 0.532. The highest BCUT2D eigenvalue weighted by atomic mass is 32.2. The van der Waals surface area contributed by atoms with Crippen molar-refractivity contribution in [3.8, 4) is 0 Å². The van der Waals surface area contributed by atoms with E-state index >= 15 is 0 Å². The molecule has 0 spiro atoms. The molecular weight excluding hydrogens is 217 g/mol. The van der Waals surface area contributed by atoms with Crippen molar-refractivity contribution in [2.45, 2.75) is 23.3 Å². The van der Waals surface area contributed by atoms with Gasteiger partial charge in [0, 0.05) is 5.54 Å². The molecule has 2 rings (SSSR count). The van der Waals surface area contributed by atoms with Gasteiger partial charge in [-0.15, -0.1) is 0 Å².